The Balaban J connectivity index is 2.20. The van der Waals surface area contributed by atoms with Gasteiger partial charge in [0.1, 0.15) is 0 Å². The van der Waals surface area contributed by atoms with Crippen molar-refractivity contribution in [3.05, 3.63) is 54.2 Å². The van der Waals surface area contributed by atoms with Gasteiger partial charge >= 0.3 is 0 Å². The third kappa shape index (κ3) is 1.95. The zero-order valence-electron chi connectivity index (χ0n) is 10.6. The van der Waals surface area contributed by atoms with Crippen molar-refractivity contribution in [2.75, 3.05) is 5.73 Å². The maximum atomic E-state index is 11.3. The topological polar surface area (TPSA) is 94.9 Å². The number of nitrogens with zero attached hydrogens (tertiary/aromatic N) is 2. The molecule has 5 nitrogen and oxygen atoms in total. The summed E-state index contributed by atoms with van der Waals surface area (Å²) in [5.74, 6) is -0.0885. The number of para-hydroxylation sites is 2. The molecule has 0 saturated heterocycles. The number of benzene rings is 2. The number of nitrogen functional groups attached to an aromatic ring is 1. The number of fused-ring (bicyclic) bond motifs is 1. The Labute approximate surface area is 115 Å². The van der Waals surface area contributed by atoms with E-state index in [-0.39, 0.29) is 5.56 Å². The summed E-state index contributed by atoms with van der Waals surface area (Å²) in [5.41, 5.74) is 13.3. The molecule has 4 N–H and O–H groups in total. The van der Waals surface area contributed by atoms with E-state index in [4.69, 9.17) is 11.5 Å². The van der Waals surface area contributed by atoms with E-state index < -0.39 is 5.91 Å². The highest BCUT2D eigenvalue weighted by Gasteiger charge is 2.13. The zero-order valence-corrected chi connectivity index (χ0v) is 10.6. The van der Waals surface area contributed by atoms with Gasteiger partial charge in [-0.1, -0.05) is 24.3 Å². The lowest BCUT2D eigenvalue weighted by molar-refractivity contribution is 0.100. The largest absolute Gasteiger partial charge is 0.397 e. The van der Waals surface area contributed by atoms with E-state index in [0.717, 1.165) is 10.9 Å². The van der Waals surface area contributed by atoms with Crippen LogP contribution in [0.5, 0.6) is 0 Å². The number of hydrogen-bond acceptors (Lipinski definition) is 4. The first-order chi connectivity index (χ1) is 9.66. The Bertz CT molecular complexity index is 814. The van der Waals surface area contributed by atoms with Crippen molar-refractivity contribution in [1.29, 1.82) is 0 Å². The third-order valence-corrected chi connectivity index (χ3v) is 3.10. The van der Waals surface area contributed by atoms with Crippen LogP contribution in [0.4, 0.5) is 5.69 Å². The predicted octanol–water partition coefficient (Wildman–Crippen LogP) is 1.98. The van der Waals surface area contributed by atoms with Gasteiger partial charge in [0, 0.05) is 17.1 Å². The van der Waals surface area contributed by atoms with Gasteiger partial charge in [-0.15, -0.1) is 0 Å². The number of hydrogen-bond donors (Lipinski definition) is 2. The average Bonchev–Trinajstić information content (AvgIpc) is 2.46. The van der Waals surface area contributed by atoms with Gasteiger partial charge < -0.3 is 11.5 Å². The minimum Gasteiger partial charge on any atom is -0.397 e. The molecule has 0 radical (unpaired) electrons. The van der Waals surface area contributed by atoms with Gasteiger partial charge in [-0.3, -0.25) is 4.79 Å². The van der Waals surface area contributed by atoms with Gasteiger partial charge in [-0.25, -0.2) is 9.97 Å². The van der Waals surface area contributed by atoms with Gasteiger partial charge in [0.15, 0.2) is 5.82 Å². The van der Waals surface area contributed by atoms with Gasteiger partial charge in [0.2, 0.25) is 0 Å². The molecule has 0 fully saturated rings. The molecule has 1 amide bonds. The van der Waals surface area contributed by atoms with Crippen LogP contribution in [0.15, 0.2) is 48.7 Å². The Morgan fingerprint density at radius 1 is 1.05 bits per heavy atom. The number of aromatic nitrogens is 2. The van der Waals surface area contributed by atoms with E-state index in [2.05, 4.69) is 9.97 Å². The molecule has 3 rings (SSSR count). The molecule has 1 aromatic heterocycles. The van der Waals surface area contributed by atoms with E-state index in [1.54, 1.807) is 24.4 Å². The Morgan fingerprint density at radius 2 is 1.85 bits per heavy atom. The summed E-state index contributed by atoms with van der Waals surface area (Å²) < 4.78 is 0. The van der Waals surface area contributed by atoms with Crippen molar-refractivity contribution in [3.63, 3.8) is 0 Å². The molecule has 0 saturated carbocycles. The van der Waals surface area contributed by atoms with Crippen LogP contribution in [0.3, 0.4) is 0 Å². The van der Waals surface area contributed by atoms with Crippen LogP contribution in [-0.2, 0) is 0 Å². The van der Waals surface area contributed by atoms with Crippen LogP contribution < -0.4 is 11.5 Å². The molecule has 0 aliphatic heterocycles. The predicted molar refractivity (Wildman–Crippen MR) is 77.9 cm³/mol. The zero-order chi connectivity index (χ0) is 14.1. The Kier molecular flexibility index (Phi) is 2.80. The minimum atomic E-state index is -0.565. The number of amides is 1. The highest BCUT2D eigenvalue weighted by molar-refractivity contribution is 6.01. The van der Waals surface area contributed by atoms with Gasteiger partial charge in [0.25, 0.3) is 5.91 Å². The number of carbonyl (C=O) groups is 1. The molecule has 0 unspecified atom stereocenters. The highest BCUT2D eigenvalue weighted by Crippen LogP contribution is 2.26. The van der Waals surface area contributed by atoms with E-state index in [1.165, 1.54) is 0 Å². The molecular formula is C15H12N4O. The van der Waals surface area contributed by atoms with Crippen molar-refractivity contribution in [3.8, 4) is 11.4 Å². The lowest BCUT2D eigenvalue weighted by Gasteiger charge is -2.08. The van der Waals surface area contributed by atoms with Crippen LogP contribution in [0.1, 0.15) is 10.4 Å². The van der Waals surface area contributed by atoms with Gasteiger partial charge in [-0.05, 0) is 18.2 Å². The fourth-order valence-electron chi connectivity index (χ4n) is 2.08. The number of nitrogens with two attached hydrogens (primary N) is 2. The molecule has 5 heteroatoms. The van der Waals surface area contributed by atoms with Crippen molar-refractivity contribution in [2.45, 2.75) is 0 Å². The molecule has 3 aromatic rings. The summed E-state index contributed by atoms with van der Waals surface area (Å²) >= 11 is 0. The summed E-state index contributed by atoms with van der Waals surface area (Å²) in [6.45, 7) is 0. The molecule has 98 valence electrons. The quantitative estimate of drug-likeness (QED) is 0.692. The normalized spacial score (nSPS) is 10.6. The first kappa shape index (κ1) is 12.1. The smallest absolute Gasteiger partial charge is 0.250 e. The lowest BCUT2D eigenvalue weighted by Crippen LogP contribution is -2.14. The van der Waals surface area contributed by atoms with E-state index in [1.807, 2.05) is 24.3 Å². The maximum Gasteiger partial charge on any atom is 0.250 e. The van der Waals surface area contributed by atoms with Gasteiger partial charge in [-0.2, -0.15) is 0 Å². The van der Waals surface area contributed by atoms with Crippen LogP contribution in [-0.4, -0.2) is 15.9 Å². The highest BCUT2D eigenvalue weighted by atomic mass is 16.1. The Morgan fingerprint density at radius 3 is 2.65 bits per heavy atom. The summed E-state index contributed by atoms with van der Waals surface area (Å²) in [6, 6.07) is 12.7. The Hall–Kier alpha value is -2.95. The average molecular weight is 264 g/mol. The number of carbonyl (C=O) groups excluding carboxylic acids is 1. The van der Waals surface area contributed by atoms with Gasteiger partial charge in [0.05, 0.1) is 16.8 Å². The molecule has 1 heterocycles. The summed E-state index contributed by atoms with van der Waals surface area (Å²) in [4.78, 5) is 20.1. The first-order valence-electron chi connectivity index (χ1n) is 6.07. The number of primary amides is 1. The fraction of sp³-hybridized carbons (Fsp3) is 0. The van der Waals surface area contributed by atoms with Crippen LogP contribution in [0.2, 0.25) is 0 Å². The molecule has 20 heavy (non-hydrogen) atoms. The maximum absolute atomic E-state index is 11.3. The summed E-state index contributed by atoms with van der Waals surface area (Å²) in [5, 5.41) is 0.945. The molecule has 0 aliphatic rings. The number of rotatable bonds is 2. The van der Waals surface area contributed by atoms with E-state index in [9.17, 15) is 4.79 Å². The fourth-order valence-corrected chi connectivity index (χ4v) is 2.08. The summed E-state index contributed by atoms with van der Waals surface area (Å²) in [7, 11) is 0. The van der Waals surface area contributed by atoms with Crippen molar-refractivity contribution < 1.29 is 4.79 Å². The minimum absolute atomic E-state index is 0.277. The number of anilines is 1. The van der Waals surface area contributed by atoms with Crippen molar-refractivity contribution in [2.24, 2.45) is 5.73 Å². The molecule has 0 spiro atoms. The monoisotopic (exact) mass is 264 g/mol. The molecule has 0 atom stereocenters. The second kappa shape index (κ2) is 4.62. The van der Waals surface area contributed by atoms with Crippen molar-refractivity contribution in [1.82, 2.24) is 9.97 Å². The van der Waals surface area contributed by atoms with Crippen LogP contribution in [0.25, 0.3) is 22.3 Å². The van der Waals surface area contributed by atoms with Crippen LogP contribution in [0, 0.1) is 0 Å². The molecule has 2 aromatic carbocycles. The third-order valence-electron chi connectivity index (χ3n) is 3.10. The standard InChI is InChI=1S/C15H12N4O/c16-13-10(14(17)20)5-3-6-11(13)15-18-8-9-4-1-2-7-12(9)19-15/h1-8H,16H2,(H2,17,20). The van der Waals surface area contributed by atoms with E-state index in [0.29, 0.717) is 17.1 Å². The molecule has 0 bridgehead atoms. The van der Waals surface area contributed by atoms with Crippen LogP contribution >= 0.6 is 0 Å². The second-order valence-electron chi connectivity index (χ2n) is 4.38. The lowest BCUT2D eigenvalue weighted by atomic mass is 10.1. The first-order valence-corrected chi connectivity index (χ1v) is 6.07. The SMILES string of the molecule is NC(=O)c1cccc(-c2ncc3ccccc3n2)c1N. The molecular weight excluding hydrogens is 252 g/mol. The van der Waals surface area contributed by atoms with Crippen molar-refractivity contribution >= 4 is 22.5 Å². The van der Waals surface area contributed by atoms with E-state index >= 15 is 0 Å². The molecule has 0 aliphatic carbocycles. The second-order valence-corrected chi connectivity index (χ2v) is 4.38. The summed E-state index contributed by atoms with van der Waals surface area (Å²) in [6.07, 6.45) is 1.73.